The van der Waals surface area contributed by atoms with E-state index < -0.39 is 5.92 Å². The highest BCUT2D eigenvalue weighted by Crippen LogP contribution is 2.36. The third-order valence-corrected chi connectivity index (χ3v) is 3.15. The number of hydrogen-bond acceptors (Lipinski definition) is 3. The van der Waals surface area contributed by atoms with E-state index in [1.165, 1.54) is 12.1 Å². The Hall–Kier alpha value is -1.65. The zero-order valence-corrected chi connectivity index (χ0v) is 13.2. The second-order valence-corrected chi connectivity index (χ2v) is 4.67. The number of halogens is 2. The number of anilines is 1. The van der Waals surface area contributed by atoms with Gasteiger partial charge in [-0.05, 0) is 37.5 Å². The average Bonchev–Trinajstić information content (AvgIpc) is 2.50. The van der Waals surface area contributed by atoms with Crippen LogP contribution in [0.15, 0.2) is 24.0 Å². The second kappa shape index (κ2) is 7.96. The lowest BCUT2D eigenvalue weighted by Crippen LogP contribution is -2.21. The Kier molecular flexibility index (Phi) is 6.59. The first kappa shape index (κ1) is 17.4. The van der Waals surface area contributed by atoms with Gasteiger partial charge in [-0.3, -0.25) is 0 Å². The predicted molar refractivity (Wildman–Crippen MR) is 81.7 cm³/mol. The molecule has 0 aliphatic carbocycles. The molecule has 0 aliphatic heterocycles. The van der Waals surface area contributed by atoms with Crippen molar-refractivity contribution in [2.75, 3.05) is 19.0 Å². The van der Waals surface area contributed by atoms with Crippen molar-refractivity contribution in [3.63, 3.8) is 0 Å². The molecule has 0 fully saturated rings. The molecule has 5 heteroatoms. The summed E-state index contributed by atoms with van der Waals surface area (Å²) < 4.78 is 34.3. The van der Waals surface area contributed by atoms with Crippen LogP contribution in [0.1, 0.15) is 44.9 Å². The number of aromatic nitrogens is 1. The van der Waals surface area contributed by atoms with Gasteiger partial charge in [0.05, 0.1) is 6.61 Å². The predicted octanol–water partition coefficient (Wildman–Crippen LogP) is 4.50. The van der Waals surface area contributed by atoms with Gasteiger partial charge in [0.25, 0.3) is 0 Å². The number of rotatable bonds is 8. The molecule has 0 saturated heterocycles. The highest BCUT2D eigenvalue weighted by molar-refractivity contribution is 5.45. The van der Waals surface area contributed by atoms with Crippen molar-refractivity contribution in [2.24, 2.45) is 0 Å². The Bertz CT molecular complexity index is 487. The van der Waals surface area contributed by atoms with E-state index in [0.29, 0.717) is 12.2 Å². The van der Waals surface area contributed by atoms with E-state index >= 15 is 0 Å². The third-order valence-electron chi connectivity index (χ3n) is 3.15. The first-order valence-electron chi connectivity index (χ1n) is 7.40. The molecule has 1 rings (SSSR count). The monoisotopic (exact) mass is 298 g/mol. The largest absolute Gasteiger partial charge is 0.492 e. The summed E-state index contributed by atoms with van der Waals surface area (Å²) >= 11 is 0. The van der Waals surface area contributed by atoms with E-state index in [4.69, 9.17) is 4.74 Å². The van der Waals surface area contributed by atoms with Crippen molar-refractivity contribution >= 4 is 5.82 Å². The highest BCUT2D eigenvalue weighted by Gasteiger charge is 2.40. The van der Waals surface area contributed by atoms with Crippen molar-refractivity contribution in [3.05, 3.63) is 35.2 Å². The molecule has 0 unspecified atom stereocenters. The molecule has 0 radical (unpaired) electrons. The van der Waals surface area contributed by atoms with Gasteiger partial charge in [-0.25, -0.2) is 4.98 Å². The Morgan fingerprint density at radius 3 is 2.57 bits per heavy atom. The van der Waals surface area contributed by atoms with Crippen molar-refractivity contribution < 1.29 is 13.5 Å². The standard InChI is InChI=1S/C16H24F2N2O/c1-5-8-9-14(21-7-3)16(17,18)13-11-10-12(6-2)15(19-4)20-13/h9-11H,5-8H2,1-4H3,(H,19,20)/b14-9-. The van der Waals surface area contributed by atoms with Gasteiger partial charge in [-0.15, -0.1) is 0 Å². The van der Waals surface area contributed by atoms with E-state index in [0.717, 1.165) is 18.4 Å². The maximum atomic E-state index is 14.6. The fourth-order valence-corrected chi connectivity index (χ4v) is 2.00. The van der Waals surface area contributed by atoms with Gasteiger partial charge in [0.15, 0.2) is 5.76 Å². The topological polar surface area (TPSA) is 34.1 Å². The summed E-state index contributed by atoms with van der Waals surface area (Å²) in [5.74, 6) is -3.05. The Morgan fingerprint density at radius 2 is 2.05 bits per heavy atom. The average molecular weight is 298 g/mol. The molecule has 0 spiro atoms. The molecule has 118 valence electrons. The van der Waals surface area contributed by atoms with Crippen molar-refractivity contribution in [2.45, 2.75) is 46.0 Å². The summed E-state index contributed by atoms with van der Waals surface area (Å²) in [5, 5.41) is 2.87. The Labute approximate surface area is 125 Å². The van der Waals surface area contributed by atoms with Gasteiger partial charge >= 0.3 is 5.92 Å². The number of alkyl halides is 2. The van der Waals surface area contributed by atoms with Gasteiger partial charge in [0, 0.05) is 7.05 Å². The fraction of sp³-hybridized carbons (Fsp3) is 0.562. The van der Waals surface area contributed by atoms with Gasteiger partial charge < -0.3 is 10.1 Å². The van der Waals surface area contributed by atoms with Gasteiger partial charge in [0.1, 0.15) is 11.5 Å². The lowest BCUT2D eigenvalue weighted by molar-refractivity contribution is -0.0288. The minimum Gasteiger partial charge on any atom is -0.492 e. The molecule has 1 aromatic rings. The first-order chi connectivity index (χ1) is 10.0. The zero-order valence-electron chi connectivity index (χ0n) is 13.2. The lowest BCUT2D eigenvalue weighted by Gasteiger charge is -2.21. The number of aryl methyl sites for hydroxylation is 1. The van der Waals surface area contributed by atoms with Crippen molar-refractivity contribution in [1.82, 2.24) is 4.98 Å². The van der Waals surface area contributed by atoms with E-state index in [2.05, 4.69) is 10.3 Å². The number of nitrogens with zero attached hydrogens (tertiary/aromatic N) is 1. The van der Waals surface area contributed by atoms with Gasteiger partial charge in [-0.1, -0.05) is 26.3 Å². The summed E-state index contributed by atoms with van der Waals surface area (Å²) in [4.78, 5) is 4.06. The lowest BCUT2D eigenvalue weighted by atomic mass is 10.1. The van der Waals surface area contributed by atoms with Crippen LogP contribution >= 0.6 is 0 Å². The quantitative estimate of drug-likeness (QED) is 0.718. The first-order valence-corrected chi connectivity index (χ1v) is 7.40. The number of unbranched alkanes of at least 4 members (excludes halogenated alkanes) is 1. The van der Waals surface area contributed by atoms with E-state index in [1.807, 2.05) is 13.8 Å². The molecule has 1 N–H and O–H groups in total. The molecule has 0 amide bonds. The van der Waals surface area contributed by atoms with Crippen molar-refractivity contribution in [1.29, 1.82) is 0 Å². The third kappa shape index (κ3) is 4.16. The summed E-state index contributed by atoms with van der Waals surface area (Å²) in [5.41, 5.74) is 0.618. The Morgan fingerprint density at radius 1 is 1.33 bits per heavy atom. The molecule has 3 nitrogen and oxygen atoms in total. The molecule has 0 aromatic carbocycles. The molecular formula is C16H24F2N2O. The number of ether oxygens (including phenoxy) is 1. The second-order valence-electron chi connectivity index (χ2n) is 4.67. The molecule has 1 aromatic heterocycles. The van der Waals surface area contributed by atoms with Crippen LogP contribution in [-0.4, -0.2) is 18.6 Å². The minimum atomic E-state index is -3.22. The Balaban J connectivity index is 3.20. The van der Waals surface area contributed by atoms with Crippen LogP contribution in [0.25, 0.3) is 0 Å². The summed E-state index contributed by atoms with van der Waals surface area (Å²) in [6, 6.07) is 3.06. The molecule has 0 atom stereocenters. The molecule has 1 heterocycles. The fourth-order valence-electron chi connectivity index (χ4n) is 2.00. The van der Waals surface area contributed by atoms with E-state index in [-0.39, 0.29) is 18.1 Å². The van der Waals surface area contributed by atoms with Gasteiger partial charge in [0.2, 0.25) is 0 Å². The minimum absolute atomic E-state index is 0.205. The van der Waals surface area contributed by atoms with Crippen molar-refractivity contribution in [3.8, 4) is 0 Å². The smallest absolute Gasteiger partial charge is 0.345 e. The zero-order chi connectivity index (χ0) is 15.9. The van der Waals surface area contributed by atoms with E-state index in [9.17, 15) is 8.78 Å². The van der Waals surface area contributed by atoms with Crippen LogP contribution in [-0.2, 0) is 17.1 Å². The van der Waals surface area contributed by atoms with Crippen LogP contribution in [0.4, 0.5) is 14.6 Å². The molecule has 0 saturated carbocycles. The molecule has 21 heavy (non-hydrogen) atoms. The molecule has 0 aliphatic rings. The molecule has 0 bridgehead atoms. The summed E-state index contributed by atoms with van der Waals surface area (Å²) in [7, 11) is 1.68. The van der Waals surface area contributed by atoms with Gasteiger partial charge in [-0.2, -0.15) is 8.78 Å². The summed E-state index contributed by atoms with van der Waals surface area (Å²) in [6.07, 6.45) is 3.53. The summed E-state index contributed by atoms with van der Waals surface area (Å²) in [6.45, 7) is 5.80. The number of hydrogen-bond donors (Lipinski definition) is 1. The number of pyridine rings is 1. The van der Waals surface area contributed by atoms with Crippen LogP contribution in [0, 0.1) is 0 Å². The SMILES string of the molecule is CCC/C=C(\OCC)C(F)(F)c1ccc(CC)c(NC)n1. The maximum Gasteiger partial charge on any atom is 0.345 e. The normalized spacial score (nSPS) is 12.4. The number of nitrogens with one attached hydrogen (secondary N) is 1. The molecular weight excluding hydrogens is 274 g/mol. The van der Waals surface area contributed by atoms with Crippen LogP contribution in [0.3, 0.4) is 0 Å². The van der Waals surface area contributed by atoms with Crippen LogP contribution in [0.5, 0.6) is 0 Å². The van der Waals surface area contributed by atoms with Crippen LogP contribution < -0.4 is 5.32 Å². The van der Waals surface area contributed by atoms with Crippen LogP contribution in [0.2, 0.25) is 0 Å². The number of allylic oxidation sites excluding steroid dienone is 2. The maximum absolute atomic E-state index is 14.6. The van der Waals surface area contributed by atoms with E-state index in [1.54, 1.807) is 20.0 Å². The highest BCUT2D eigenvalue weighted by atomic mass is 19.3.